The highest BCUT2D eigenvalue weighted by Crippen LogP contribution is 2.35. The van der Waals surface area contributed by atoms with E-state index in [1.54, 1.807) is 11.3 Å². The summed E-state index contributed by atoms with van der Waals surface area (Å²) in [5, 5.41) is 13.9. The molecule has 2 aliphatic heterocycles. The molecule has 0 saturated carbocycles. The number of aromatic nitrogens is 2. The van der Waals surface area contributed by atoms with Crippen molar-refractivity contribution in [2.75, 3.05) is 0 Å². The van der Waals surface area contributed by atoms with Crippen LogP contribution in [0.15, 0.2) is 0 Å². The summed E-state index contributed by atoms with van der Waals surface area (Å²) in [6.07, 6.45) is 6.60. The SMILES string of the molecule is Cc1nnc(CN2[C@@H]3CCC[C@H]2CC(NC(=O)CC(C)C)C3)s1. The van der Waals surface area contributed by atoms with Crippen molar-refractivity contribution in [2.45, 2.75) is 84.0 Å². The Balaban J connectivity index is 1.60. The molecule has 5 nitrogen and oxygen atoms in total. The van der Waals surface area contributed by atoms with Gasteiger partial charge in [-0.25, -0.2) is 0 Å². The lowest BCUT2D eigenvalue weighted by Crippen LogP contribution is -2.56. The molecule has 1 unspecified atom stereocenters. The van der Waals surface area contributed by atoms with Crippen LogP contribution in [0, 0.1) is 12.8 Å². The van der Waals surface area contributed by atoms with E-state index < -0.39 is 0 Å². The fourth-order valence-corrected chi connectivity index (χ4v) is 4.79. The minimum atomic E-state index is 0.219. The first kappa shape index (κ1) is 16.8. The van der Waals surface area contributed by atoms with Gasteiger partial charge in [-0.3, -0.25) is 9.69 Å². The maximum absolute atomic E-state index is 12.1. The molecule has 0 radical (unpaired) electrons. The van der Waals surface area contributed by atoms with Crippen LogP contribution in [0.25, 0.3) is 0 Å². The zero-order chi connectivity index (χ0) is 16.4. The van der Waals surface area contributed by atoms with Crippen molar-refractivity contribution >= 4 is 17.2 Å². The summed E-state index contributed by atoms with van der Waals surface area (Å²) >= 11 is 1.70. The minimum Gasteiger partial charge on any atom is -0.353 e. The highest BCUT2D eigenvalue weighted by molar-refractivity contribution is 7.11. The van der Waals surface area contributed by atoms with Gasteiger partial charge in [0.05, 0.1) is 6.54 Å². The van der Waals surface area contributed by atoms with Gasteiger partial charge in [0.1, 0.15) is 10.0 Å². The molecule has 3 rings (SSSR count). The number of amides is 1. The van der Waals surface area contributed by atoms with Crippen LogP contribution in [-0.4, -0.2) is 39.1 Å². The van der Waals surface area contributed by atoms with Gasteiger partial charge in [0, 0.05) is 24.5 Å². The lowest BCUT2D eigenvalue weighted by molar-refractivity contribution is -0.123. The third-order valence-electron chi connectivity index (χ3n) is 4.97. The molecule has 0 aromatic carbocycles. The average molecular weight is 337 g/mol. The van der Waals surface area contributed by atoms with Crippen molar-refractivity contribution in [3.05, 3.63) is 10.0 Å². The number of rotatable bonds is 5. The van der Waals surface area contributed by atoms with Crippen LogP contribution in [0.2, 0.25) is 0 Å². The van der Waals surface area contributed by atoms with E-state index in [0.29, 0.717) is 30.5 Å². The number of nitrogens with one attached hydrogen (secondary N) is 1. The second kappa shape index (κ2) is 7.26. The van der Waals surface area contributed by atoms with Gasteiger partial charge in [0.25, 0.3) is 0 Å². The van der Waals surface area contributed by atoms with Crippen LogP contribution >= 0.6 is 11.3 Å². The molecule has 23 heavy (non-hydrogen) atoms. The van der Waals surface area contributed by atoms with Crippen molar-refractivity contribution in [1.29, 1.82) is 0 Å². The number of nitrogens with zero attached hydrogens (tertiary/aromatic N) is 3. The van der Waals surface area contributed by atoms with Gasteiger partial charge in [-0.15, -0.1) is 21.5 Å². The van der Waals surface area contributed by atoms with Gasteiger partial charge in [0.15, 0.2) is 0 Å². The Morgan fingerprint density at radius 3 is 2.57 bits per heavy atom. The van der Waals surface area contributed by atoms with Crippen molar-refractivity contribution in [1.82, 2.24) is 20.4 Å². The zero-order valence-electron chi connectivity index (χ0n) is 14.4. The molecule has 2 saturated heterocycles. The number of aryl methyl sites for hydroxylation is 1. The maximum atomic E-state index is 12.1. The van der Waals surface area contributed by atoms with E-state index in [4.69, 9.17) is 0 Å². The molecular weight excluding hydrogens is 308 g/mol. The summed E-state index contributed by atoms with van der Waals surface area (Å²) in [6.45, 7) is 7.13. The number of carbonyl (C=O) groups is 1. The summed E-state index contributed by atoms with van der Waals surface area (Å²) in [7, 11) is 0. The number of fused-ring (bicyclic) bond motifs is 2. The van der Waals surface area contributed by atoms with Crippen LogP contribution in [0.4, 0.5) is 0 Å². The lowest BCUT2D eigenvalue weighted by atomic mass is 9.81. The molecule has 2 bridgehead atoms. The van der Waals surface area contributed by atoms with E-state index in [2.05, 4.69) is 34.3 Å². The summed E-state index contributed by atoms with van der Waals surface area (Å²) in [4.78, 5) is 14.7. The molecule has 2 fully saturated rings. The molecule has 1 aromatic rings. The van der Waals surface area contributed by atoms with Crippen LogP contribution < -0.4 is 5.32 Å². The number of piperidine rings is 2. The van der Waals surface area contributed by atoms with Gasteiger partial charge in [0.2, 0.25) is 5.91 Å². The highest BCUT2D eigenvalue weighted by atomic mass is 32.1. The first-order chi connectivity index (χ1) is 11.0. The van der Waals surface area contributed by atoms with Crippen molar-refractivity contribution in [3.8, 4) is 0 Å². The molecular formula is C17H28N4OS. The third-order valence-corrected chi connectivity index (χ3v) is 5.79. The second-order valence-electron chi connectivity index (χ2n) is 7.46. The maximum Gasteiger partial charge on any atom is 0.220 e. The third kappa shape index (κ3) is 4.29. The van der Waals surface area contributed by atoms with Gasteiger partial charge in [-0.2, -0.15) is 0 Å². The van der Waals surface area contributed by atoms with Crippen molar-refractivity contribution < 1.29 is 4.79 Å². The Morgan fingerprint density at radius 2 is 2.00 bits per heavy atom. The topological polar surface area (TPSA) is 58.1 Å². The smallest absolute Gasteiger partial charge is 0.220 e. The van der Waals surface area contributed by atoms with Crippen LogP contribution in [-0.2, 0) is 11.3 Å². The average Bonchev–Trinajstić information content (AvgIpc) is 2.84. The Morgan fingerprint density at radius 1 is 1.30 bits per heavy atom. The summed E-state index contributed by atoms with van der Waals surface area (Å²) in [6, 6.07) is 1.51. The predicted molar refractivity (Wildman–Crippen MR) is 92.2 cm³/mol. The molecule has 3 atom stereocenters. The van der Waals surface area contributed by atoms with Gasteiger partial charge < -0.3 is 5.32 Å². The Bertz CT molecular complexity index is 530. The molecule has 2 aliphatic rings. The Hall–Kier alpha value is -1.01. The van der Waals surface area contributed by atoms with E-state index in [1.165, 1.54) is 19.3 Å². The van der Waals surface area contributed by atoms with Crippen molar-refractivity contribution in [3.63, 3.8) is 0 Å². The predicted octanol–water partition coefficient (Wildman–Crippen LogP) is 2.89. The van der Waals surface area contributed by atoms with Crippen LogP contribution in [0.1, 0.15) is 62.4 Å². The quantitative estimate of drug-likeness (QED) is 0.898. The Kier molecular flexibility index (Phi) is 5.31. The van der Waals surface area contributed by atoms with E-state index >= 15 is 0 Å². The normalized spacial score (nSPS) is 28.1. The van der Waals surface area contributed by atoms with E-state index in [0.717, 1.165) is 29.4 Å². The first-order valence-electron chi connectivity index (χ1n) is 8.85. The molecule has 0 spiro atoms. The summed E-state index contributed by atoms with van der Waals surface area (Å²) in [5.74, 6) is 0.645. The molecule has 0 aliphatic carbocycles. The zero-order valence-corrected chi connectivity index (χ0v) is 15.2. The minimum absolute atomic E-state index is 0.219. The van der Waals surface area contributed by atoms with E-state index in [9.17, 15) is 4.79 Å². The number of hydrogen-bond donors (Lipinski definition) is 1. The Labute approximate surface area is 142 Å². The second-order valence-corrected chi connectivity index (χ2v) is 8.73. The molecule has 1 N–H and O–H groups in total. The van der Waals surface area contributed by atoms with E-state index in [-0.39, 0.29) is 5.91 Å². The number of hydrogen-bond acceptors (Lipinski definition) is 5. The first-order valence-corrected chi connectivity index (χ1v) is 9.67. The molecule has 6 heteroatoms. The largest absolute Gasteiger partial charge is 0.353 e. The monoisotopic (exact) mass is 336 g/mol. The fourth-order valence-electron chi connectivity index (χ4n) is 4.07. The van der Waals surface area contributed by atoms with Crippen LogP contribution in [0.3, 0.4) is 0 Å². The van der Waals surface area contributed by atoms with Gasteiger partial charge in [-0.05, 0) is 38.5 Å². The van der Waals surface area contributed by atoms with Gasteiger partial charge in [-0.1, -0.05) is 20.3 Å². The molecule has 3 heterocycles. The van der Waals surface area contributed by atoms with Crippen LogP contribution in [0.5, 0.6) is 0 Å². The summed E-state index contributed by atoms with van der Waals surface area (Å²) < 4.78 is 0. The fraction of sp³-hybridized carbons (Fsp3) is 0.824. The molecule has 1 aromatic heterocycles. The summed E-state index contributed by atoms with van der Waals surface area (Å²) in [5.41, 5.74) is 0. The lowest BCUT2D eigenvalue weighted by Gasteiger charge is -2.48. The number of carbonyl (C=O) groups excluding carboxylic acids is 1. The molecule has 128 valence electrons. The standard InChI is InChI=1S/C17H28N4OS/c1-11(2)7-16(22)18-13-8-14-5-4-6-15(9-13)21(14)10-17-20-19-12(3)23-17/h11,13-15H,4-10H2,1-3H3,(H,18,22)/t13?,14-,15+. The molecule has 1 amide bonds. The van der Waals surface area contributed by atoms with Crippen molar-refractivity contribution in [2.24, 2.45) is 5.92 Å². The van der Waals surface area contributed by atoms with Gasteiger partial charge >= 0.3 is 0 Å². The highest BCUT2D eigenvalue weighted by Gasteiger charge is 2.38. The van der Waals surface area contributed by atoms with E-state index in [1.807, 2.05) is 6.92 Å².